The van der Waals surface area contributed by atoms with Crippen LogP contribution in [-0.4, -0.2) is 12.5 Å². The lowest BCUT2D eigenvalue weighted by molar-refractivity contribution is 0.566. The molecule has 1 aromatic carbocycles. The van der Waals surface area contributed by atoms with E-state index in [4.69, 9.17) is 11.6 Å². The SMILES string of the molecule is CC1Cc2ccccc2N(C(N)=NN)C1. The summed E-state index contributed by atoms with van der Waals surface area (Å²) in [6.07, 6.45) is 1.09. The van der Waals surface area contributed by atoms with Gasteiger partial charge in [0, 0.05) is 12.2 Å². The summed E-state index contributed by atoms with van der Waals surface area (Å²) in [6.45, 7) is 3.08. The first-order chi connectivity index (χ1) is 7.22. The average molecular weight is 204 g/mol. The van der Waals surface area contributed by atoms with Crippen LogP contribution in [0.15, 0.2) is 29.4 Å². The Bertz CT molecular complexity index is 386. The molecule has 1 unspecified atom stereocenters. The molecular formula is C11H16N4. The minimum atomic E-state index is 0.383. The summed E-state index contributed by atoms with van der Waals surface area (Å²) in [5.74, 6) is 6.18. The number of anilines is 1. The number of nitrogens with two attached hydrogens (primary N) is 2. The number of hydrazone groups is 1. The van der Waals surface area contributed by atoms with Gasteiger partial charge in [-0.1, -0.05) is 25.1 Å². The van der Waals surface area contributed by atoms with Crippen LogP contribution >= 0.6 is 0 Å². The highest BCUT2D eigenvalue weighted by molar-refractivity contribution is 5.95. The highest BCUT2D eigenvalue weighted by Gasteiger charge is 2.23. The lowest BCUT2D eigenvalue weighted by Crippen LogP contribution is -2.44. The van der Waals surface area contributed by atoms with Crippen LogP contribution in [0.5, 0.6) is 0 Å². The van der Waals surface area contributed by atoms with Gasteiger partial charge in [-0.2, -0.15) is 0 Å². The van der Waals surface area contributed by atoms with Gasteiger partial charge in [-0.25, -0.2) is 0 Å². The number of para-hydroxylation sites is 1. The maximum atomic E-state index is 5.78. The molecule has 0 amide bonds. The van der Waals surface area contributed by atoms with Crippen molar-refractivity contribution in [2.24, 2.45) is 22.6 Å². The molecule has 1 aliphatic rings. The number of fused-ring (bicyclic) bond motifs is 1. The van der Waals surface area contributed by atoms with Crippen molar-refractivity contribution in [1.82, 2.24) is 0 Å². The van der Waals surface area contributed by atoms with Crippen molar-refractivity contribution in [2.45, 2.75) is 13.3 Å². The van der Waals surface area contributed by atoms with Gasteiger partial charge in [0.15, 0.2) is 0 Å². The van der Waals surface area contributed by atoms with Gasteiger partial charge in [-0.05, 0) is 24.0 Å². The van der Waals surface area contributed by atoms with Crippen LogP contribution in [0.1, 0.15) is 12.5 Å². The number of nitrogens with zero attached hydrogens (tertiary/aromatic N) is 2. The Hall–Kier alpha value is -1.71. The molecule has 2 rings (SSSR count). The van der Waals surface area contributed by atoms with Crippen LogP contribution in [-0.2, 0) is 6.42 Å². The van der Waals surface area contributed by atoms with E-state index in [0.717, 1.165) is 18.7 Å². The second kappa shape index (κ2) is 3.81. The normalized spacial score (nSPS) is 21.3. The Morgan fingerprint density at radius 2 is 2.20 bits per heavy atom. The lowest BCUT2D eigenvalue weighted by Gasteiger charge is -2.33. The van der Waals surface area contributed by atoms with E-state index < -0.39 is 0 Å². The molecule has 4 N–H and O–H groups in total. The van der Waals surface area contributed by atoms with E-state index in [9.17, 15) is 0 Å². The second-order valence-electron chi connectivity index (χ2n) is 4.04. The first kappa shape index (κ1) is 9.83. The molecule has 0 radical (unpaired) electrons. The number of hydrogen-bond acceptors (Lipinski definition) is 2. The Labute approximate surface area is 89.6 Å². The van der Waals surface area contributed by atoms with Gasteiger partial charge in [-0.3, -0.25) is 0 Å². The summed E-state index contributed by atoms with van der Waals surface area (Å²) >= 11 is 0. The van der Waals surface area contributed by atoms with Gasteiger partial charge in [0.1, 0.15) is 0 Å². The van der Waals surface area contributed by atoms with Gasteiger partial charge in [0.25, 0.3) is 0 Å². The van der Waals surface area contributed by atoms with Gasteiger partial charge in [-0.15, -0.1) is 5.10 Å². The van der Waals surface area contributed by atoms with Crippen molar-refractivity contribution >= 4 is 11.6 Å². The fourth-order valence-electron chi connectivity index (χ4n) is 2.08. The van der Waals surface area contributed by atoms with Gasteiger partial charge in [0.05, 0.1) is 0 Å². The molecule has 0 bridgehead atoms. The third kappa shape index (κ3) is 1.75. The monoisotopic (exact) mass is 204 g/mol. The molecule has 1 aromatic rings. The van der Waals surface area contributed by atoms with Gasteiger partial charge in [0.2, 0.25) is 5.96 Å². The van der Waals surface area contributed by atoms with Crippen LogP contribution in [0, 0.1) is 5.92 Å². The van der Waals surface area contributed by atoms with Crippen LogP contribution in [0.3, 0.4) is 0 Å². The summed E-state index contributed by atoms with van der Waals surface area (Å²) < 4.78 is 0. The van der Waals surface area contributed by atoms with Crippen molar-refractivity contribution in [1.29, 1.82) is 0 Å². The summed E-state index contributed by atoms with van der Waals surface area (Å²) in [5, 5.41) is 3.57. The molecule has 15 heavy (non-hydrogen) atoms. The molecule has 1 heterocycles. The third-order valence-electron chi connectivity index (χ3n) is 2.75. The van der Waals surface area contributed by atoms with Crippen LogP contribution < -0.4 is 16.5 Å². The van der Waals surface area contributed by atoms with E-state index in [1.165, 1.54) is 5.56 Å². The van der Waals surface area contributed by atoms with Crippen molar-refractivity contribution in [3.8, 4) is 0 Å². The fraction of sp³-hybridized carbons (Fsp3) is 0.364. The molecule has 0 aromatic heterocycles. The van der Waals surface area contributed by atoms with Gasteiger partial charge < -0.3 is 16.5 Å². The number of hydrogen-bond donors (Lipinski definition) is 2. The third-order valence-corrected chi connectivity index (χ3v) is 2.75. The molecular weight excluding hydrogens is 188 g/mol. The molecule has 0 spiro atoms. The summed E-state index contributed by atoms with van der Waals surface area (Å²) in [6, 6.07) is 8.23. The molecule has 4 nitrogen and oxygen atoms in total. The molecule has 1 aliphatic heterocycles. The summed E-state index contributed by atoms with van der Waals surface area (Å²) in [5.41, 5.74) is 8.21. The van der Waals surface area contributed by atoms with Crippen LogP contribution in [0.4, 0.5) is 5.69 Å². The van der Waals surface area contributed by atoms with Crippen LogP contribution in [0.2, 0.25) is 0 Å². The van der Waals surface area contributed by atoms with E-state index in [-0.39, 0.29) is 0 Å². The molecule has 4 heteroatoms. The summed E-state index contributed by atoms with van der Waals surface area (Å²) in [7, 11) is 0. The van der Waals surface area contributed by atoms with E-state index >= 15 is 0 Å². The zero-order chi connectivity index (χ0) is 10.8. The van der Waals surface area contributed by atoms with Gasteiger partial charge >= 0.3 is 0 Å². The maximum absolute atomic E-state index is 5.78. The Kier molecular flexibility index (Phi) is 2.49. The van der Waals surface area contributed by atoms with E-state index in [1.807, 2.05) is 17.0 Å². The number of rotatable bonds is 0. The largest absolute Gasteiger partial charge is 0.368 e. The Balaban J connectivity index is 2.42. The fourth-order valence-corrected chi connectivity index (χ4v) is 2.08. The molecule has 0 saturated heterocycles. The molecule has 0 fully saturated rings. The van der Waals surface area contributed by atoms with Crippen LogP contribution in [0.25, 0.3) is 0 Å². The van der Waals surface area contributed by atoms with Crippen molar-refractivity contribution in [3.05, 3.63) is 29.8 Å². The first-order valence-corrected chi connectivity index (χ1v) is 5.11. The quantitative estimate of drug-likeness (QED) is 0.285. The van der Waals surface area contributed by atoms with Crippen molar-refractivity contribution < 1.29 is 0 Å². The highest BCUT2D eigenvalue weighted by Crippen LogP contribution is 2.28. The smallest absolute Gasteiger partial charge is 0.217 e. The summed E-state index contributed by atoms with van der Waals surface area (Å²) in [4.78, 5) is 1.98. The second-order valence-corrected chi connectivity index (χ2v) is 4.04. The predicted molar refractivity (Wildman–Crippen MR) is 62.5 cm³/mol. The zero-order valence-electron chi connectivity index (χ0n) is 8.85. The molecule has 1 atom stereocenters. The molecule has 0 aliphatic carbocycles. The highest BCUT2D eigenvalue weighted by atomic mass is 15.3. The average Bonchev–Trinajstić information content (AvgIpc) is 2.26. The standard InChI is InChI=1S/C11H16N4/c1-8-6-9-4-2-3-5-10(9)15(7-8)11(12)14-13/h2-5,8H,6-7,13H2,1H3,(H2,12,14). The first-order valence-electron chi connectivity index (χ1n) is 5.11. The van der Waals surface area contributed by atoms with E-state index in [1.54, 1.807) is 0 Å². The lowest BCUT2D eigenvalue weighted by atomic mass is 9.94. The van der Waals surface area contributed by atoms with E-state index in [0.29, 0.717) is 11.9 Å². The Morgan fingerprint density at radius 1 is 1.47 bits per heavy atom. The number of guanidine groups is 1. The van der Waals surface area contributed by atoms with Crippen molar-refractivity contribution in [2.75, 3.05) is 11.4 Å². The predicted octanol–water partition coefficient (Wildman–Crippen LogP) is 0.874. The minimum Gasteiger partial charge on any atom is -0.368 e. The maximum Gasteiger partial charge on any atom is 0.217 e. The molecule has 80 valence electrons. The molecule has 0 saturated carbocycles. The minimum absolute atomic E-state index is 0.383. The van der Waals surface area contributed by atoms with E-state index in [2.05, 4.69) is 24.2 Å². The zero-order valence-corrected chi connectivity index (χ0v) is 8.85. The van der Waals surface area contributed by atoms with Crippen molar-refractivity contribution in [3.63, 3.8) is 0 Å². The topological polar surface area (TPSA) is 67.6 Å². The number of benzene rings is 1. The Morgan fingerprint density at radius 3 is 2.93 bits per heavy atom.